The van der Waals surface area contributed by atoms with Crippen molar-refractivity contribution in [2.24, 2.45) is 11.8 Å². The number of rotatable bonds is 16. The minimum atomic E-state index is -0.472. The first-order chi connectivity index (χ1) is 17.5. The molecule has 6 nitrogen and oxygen atoms in total. The van der Waals surface area contributed by atoms with Crippen LogP contribution in [0.1, 0.15) is 83.2 Å². The molecule has 0 saturated carbocycles. The number of nitrogens with zero attached hydrogens (tertiary/aromatic N) is 2. The van der Waals surface area contributed by atoms with Crippen molar-refractivity contribution in [3.63, 3.8) is 0 Å². The standard InChI is InChI=1S/C30H45N3O3S/c1-8-21(5)26(15-13-25(35)11-10-16-33(6)7)32-30(36)23(17-24(34)9-2)19-29-31-27-14-12-22(20(3)4)18-28(27)37-29/h10-12,14,18,20-21,23,26H,8-9,13,15-17,19H2,1-7H3,(H,32,36)/b11-10+/t21-,23-,26+/m0/s1. The van der Waals surface area contributed by atoms with Gasteiger partial charge in [0.05, 0.1) is 21.1 Å². The number of Topliss-reactive ketones (excluding diaryl/α,β-unsaturated/α-hetero) is 1. The molecule has 2 aromatic rings. The van der Waals surface area contributed by atoms with Crippen LogP contribution in [-0.2, 0) is 20.8 Å². The molecule has 1 aromatic carbocycles. The molecule has 7 heteroatoms. The third-order valence-electron chi connectivity index (χ3n) is 6.92. The molecule has 1 N–H and O–H groups in total. The molecule has 0 aliphatic carbocycles. The van der Waals surface area contributed by atoms with Gasteiger partial charge in [-0.1, -0.05) is 53.2 Å². The first-order valence-electron chi connectivity index (χ1n) is 13.6. The number of allylic oxidation sites excluding steroid dienone is 1. The molecule has 0 fully saturated rings. The molecule has 204 valence electrons. The summed E-state index contributed by atoms with van der Waals surface area (Å²) < 4.78 is 1.11. The van der Waals surface area contributed by atoms with Gasteiger partial charge in [0, 0.05) is 38.3 Å². The zero-order chi connectivity index (χ0) is 27.5. The number of amides is 1. The first-order valence-corrected chi connectivity index (χ1v) is 14.4. The van der Waals surface area contributed by atoms with Crippen molar-refractivity contribution in [2.75, 3.05) is 20.6 Å². The number of thiazole rings is 1. The number of hydrogen-bond acceptors (Lipinski definition) is 6. The number of nitrogens with one attached hydrogen (secondary N) is 1. The fourth-order valence-corrected chi connectivity index (χ4v) is 5.28. The van der Waals surface area contributed by atoms with Crippen LogP contribution in [0.15, 0.2) is 30.4 Å². The first kappa shape index (κ1) is 30.8. The van der Waals surface area contributed by atoms with Crippen LogP contribution >= 0.6 is 11.3 Å². The fourth-order valence-electron chi connectivity index (χ4n) is 4.18. The summed E-state index contributed by atoms with van der Waals surface area (Å²) in [6.07, 6.45) is 6.41. The summed E-state index contributed by atoms with van der Waals surface area (Å²) in [6, 6.07) is 6.21. The van der Waals surface area contributed by atoms with Crippen molar-refractivity contribution in [3.05, 3.63) is 40.9 Å². The lowest BCUT2D eigenvalue weighted by Crippen LogP contribution is -2.43. The molecular weight excluding hydrogens is 482 g/mol. The van der Waals surface area contributed by atoms with Gasteiger partial charge < -0.3 is 10.2 Å². The number of benzene rings is 1. The van der Waals surface area contributed by atoms with E-state index in [1.165, 1.54) is 5.56 Å². The Labute approximate surface area is 226 Å². The van der Waals surface area contributed by atoms with E-state index in [1.807, 2.05) is 38.1 Å². The van der Waals surface area contributed by atoms with Crippen molar-refractivity contribution in [1.29, 1.82) is 0 Å². The molecule has 0 bridgehead atoms. The third kappa shape index (κ3) is 10.1. The summed E-state index contributed by atoms with van der Waals surface area (Å²) in [7, 11) is 3.92. The Hall–Kier alpha value is -2.38. The van der Waals surface area contributed by atoms with E-state index in [4.69, 9.17) is 4.98 Å². The van der Waals surface area contributed by atoms with E-state index in [2.05, 4.69) is 45.1 Å². The topological polar surface area (TPSA) is 79.4 Å². The van der Waals surface area contributed by atoms with Crippen LogP contribution < -0.4 is 5.32 Å². The van der Waals surface area contributed by atoms with Crippen molar-refractivity contribution >= 4 is 39.0 Å². The van der Waals surface area contributed by atoms with Crippen LogP contribution in [0.25, 0.3) is 10.2 Å². The van der Waals surface area contributed by atoms with Crippen molar-refractivity contribution in [2.45, 2.75) is 85.1 Å². The summed E-state index contributed by atoms with van der Waals surface area (Å²) in [6.45, 7) is 11.1. The Balaban J connectivity index is 2.15. The minimum Gasteiger partial charge on any atom is -0.353 e. The van der Waals surface area contributed by atoms with Gasteiger partial charge in [-0.15, -0.1) is 11.3 Å². The maximum atomic E-state index is 13.5. The maximum absolute atomic E-state index is 13.5. The number of hydrogen-bond donors (Lipinski definition) is 1. The van der Waals surface area contributed by atoms with Gasteiger partial charge in [0.1, 0.15) is 5.78 Å². The number of likely N-dealkylation sites (N-methyl/N-ethyl adjacent to an activating group) is 1. The molecule has 1 aromatic heterocycles. The number of carbonyl (C=O) groups is 3. The van der Waals surface area contributed by atoms with E-state index in [0.29, 0.717) is 31.6 Å². The monoisotopic (exact) mass is 527 g/mol. The highest BCUT2D eigenvalue weighted by atomic mass is 32.1. The summed E-state index contributed by atoms with van der Waals surface area (Å²) in [5.41, 5.74) is 2.20. The SMILES string of the molecule is CCC(=O)C[C@@H](Cc1nc2ccc(C(C)C)cc2s1)C(=O)N[C@H](CCC(=O)/C=C/CN(C)C)[C@@H](C)CC. The smallest absolute Gasteiger partial charge is 0.224 e. The molecule has 0 unspecified atom stereocenters. The van der Waals surface area contributed by atoms with Crippen LogP contribution in [0.4, 0.5) is 0 Å². The van der Waals surface area contributed by atoms with Crippen molar-refractivity contribution < 1.29 is 14.4 Å². The Morgan fingerprint density at radius 1 is 1.14 bits per heavy atom. The summed E-state index contributed by atoms with van der Waals surface area (Å²) in [5.74, 6) is 0.206. The quantitative estimate of drug-likeness (QED) is 0.273. The Morgan fingerprint density at radius 3 is 2.49 bits per heavy atom. The lowest BCUT2D eigenvalue weighted by atomic mass is 9.91. The zero-order valence-electron chi connectivity index (χ0n) is 23.7. The second kappa shape index (κ2) is 15.1. The summed E-state index contributed by atoms with van der Waals surface area (Å²) >= 11 is 1.60. The van der Waals surface area contributed by atoms with Gasteiger partial charge in [-0.05, 0) is 56.1 Å². The maximum Gasteiger partial charge on any atom is 0.224 e. The van der Waals surface area contributed by atoms with Gasteiger partial charge in [-0.2, -0.15) is 0 Å². The average molecular weight is 528 g/mol. The lowest BCUT2D eigenvalue weighted by molar-refractivity contribution is -0.130. The van der Waals surface area contributed by atoms with Gasteiger partial charge in [0.2, 0.25) is 5.91 Å². The molecule has 0 spiro atoms. The number of carbonyl (C=O) groups excluding carboxylic acids is 3. The predicted molar refractivity (Wildman–Crippen MR) is 154 cm³/mol. The molecule has 0 saturated heterocycles. The molecular formula is C30H45N3O3S. The molecule has 0 radical (unpaired) electrons. The van der Waals surface area contributed by atoms with Crippen LogP contribution in [0, 0.1) is 11.8 Å². The zero-order valence-corrected chi connectivity index (χ0v) is 24.5. The van der Waals surface area contributed by atoms with Gasteiger partial charge in [-0.3, -0.25) is 14.4 Å². The molecule has 0 aliphatic heterocycles. The van der Waals surface area contributed by atoms with Crippen molar-refractivity contribution in [3.8, 4) is 0 Å². The van der Waals surface area contributed by atoms with E-state index >= 15 is 0 Å². The summed E-state index contributed by atoms with van der Waals surface area (Å²) in [5, 5.41) is 4.08. The highest BCUT2D eigenvalue weighted by Gasteiger charge is 2.27. The number of aromatic nitrogens is 1. The minimum absolute atomic E-state index is 0.0670. The predicted octanol–water partition coefficient (Wildman–Crippen LogP) is 5.95. The normalized spacial score (nSPS) is 14.4. The lowest BCUT2D eigenvalue weighted by Gasteiger charge is -2.26. The molecule has 1 heterocycles. The van der Waals surface area contributed by atoms with E-state index < -0.39 is 5.92 Å². The Morgan fingerprint density at radius 2 is 1.86 bits per heavy atom. The molecule has 37 heavy (non-hydrogen) atoms. The number of ketones is 2. The van der Waals surface area contributed by atoms with Crippen LogP contribution in [0.5, 0.6) is 0 Å². The highest BCUT2D eigenvalue weighted by molar-refractivity contribution is 7.18. The molecule has 1 amide bonds. The van der Waals surface area contributed by atoms with Crippen LogP contribution in [0.3, 0.4) is 0 Å². The number of fused-ring (bicyclic) bond motifs is 1. The van der Waals surface area contributed by atoms with Gasteiger partial charge in [0.15, 0.2) is 5.78 Å². The fraction of sp³-hybridized carbons (Fsp3) is 0.600. The van der Waals surface area contributed by atoms with E-state index in [-0.39, 0.29) is 35.9 Å². The highest BCUT2D eigenvalue weighted by Crippen LogP contribution is 2.28. The average Bonchev–Trinajstić information content (AvgIpc) is 3.26. The van der Waals surface area contributed by atoms with E-state index in [1.54, 1.807) is 17.4 Å². The van der Waals surface area contributed by atoms with Gasteiger partial charge in [-0.25, -0.2) is 4.98 Å². The van der Waals surface area contributed by atoms with Gasteiger partial charge >= 0.3 is 0 Å². The Kier molecular flexibility index (Phi) is 12.6. The van der Waals surface area contributed by atoms with E-state index in [9.17, 15) is 14.4 Å². The molecule has 2 rings (SSSR count). The summed E-state index contributed by atoms with van der Waals surface area (Å²) in [4.78, 5) is 45.0. The van der Waals surface area contributed by atoms with Crippen molar-refractivity contribution in [1.82, 2.24) is 15.2 Å². The largest absolute Gasteiger partial charge is 0.353 e. The second-order valence-electron chi connectivity index (χ2n) is 10.7. The Bertz CT molecular complexity index is 1070. The van der Waals surface area contributed by atoms with Crippen LogP contribution in [0.2, 0.25) is 0 Å². The van der Waals surface area contributed by atoms with E-state index in [0.717, 1.165) is 28.2 Å². The second-order valence-corrected chi connectivity index (χ2v) is 11.8. The molecule has 3 atom stereocenters. The third-order valence-corrected chi connectivity index (χ3v) is 7.96. The van der Waals surface area contributed by atoms with Gasteiger partial charge in [0.25, 0.3) is 0 Å². The molecule has 0 aliphatic rings. The van der Waals surface area contributed by atoms with Crippen LogP contribution in [-0.4, -0.2) is 54.0 Å².